The highest BCUT2D eigenvalue weighted by Crippen LogP contribution is 2.22. The first-order chi connectivity index (χ1) is 7.22. The number of benzene rings is 1. The highest BCUT2D eigenvalue weighted by atomic mass is 16.5. The molecule has 2 rings (SSSR count). The molecule has 0 aliphatic carbocycles. The summed E-state index contributed by atoms with van der Waals surface area (Å²) in [5.41, 5.74) is 3.85. The summed E-state index contributed by atoms with van der Waals surface area (Å²) in [4.78, 5) is 0. The molecule has 2 aromatic rings. The number of rotatable bonds is 3. The summed E-state index contributed by atoms with van der Waals surface area (Å²) in [5.74, 6) is 0. The van der Waals surface area contributed by atoms with Gasteiger partial charge in [0.1, 0.15) is 0 Å². The van der Waals surface area contributed by atoms with Crippen LogP contribution >= 0.6 is 0 Å². The summed E-state index contributed by atoms with van der Waals surface area (Å²) in [6, 6.07) is 6.54. The fourth-order valence-corrected chi connectivity index (χ4v) is 1.91. The third-order valence-electron chi connectivity index (χ3n) is 2.69. The van der Waals surface area contributed by atoms with Gasteiger partial charge >= 0.3 is 0 Å². The van der Waals surface area contributed by atoms with Gasteiger partial charge in [0.2, 0.25) is 0 Å². The van der Waals surface area contributed by atoms with Crippen molar-refractivity contribution in [2.24, 2.45) is 7.05 Å². The molecule has 2 heteroatoms. The second-order valence-electron chi connectivity index (χ2n) is 3.92. The molecular formula is C13H17NO. The largest absolute Gasteiger partial charge is 0.377 e. The minimum Gasteiger partial charge on any atom is -0.377 e. The number of fused-ring (bicyclic) bond motifs is 1. The van der Waals surface area contributed by atoms with Crippen molar-refractivity contribution >= 4 is 10.9 Å². The monoisotopic (exact) mass is 203 g/mol. The molecule has 1 heterocycles. The molecule has 2 nitrogen and oxygen atoms in total. The van der Waals surface area contributed by atoms with Crippen molar-refractivity contribution in [2.45, 2.75) is 20.5 Å². The Morgan fingerprint density at radius 1 is 1.33 bits per heavy atom. The number of hydrogen-bond donors (Lipinski definition) is 0. The highest BCUT2D eigenvalue weighted by molar-refractivity contribution is 5.84. The molecular weight excluding hydrogens is 186 g/mol. The summed E-state index contributed by atoms with van der Waals surface area (Å²) in [7, 11) is 2.08. The van der Waals surface area contributed by atoms with Gasteiger partial charge in [-0.25, -0.2) is 0 Å². The van der Waals surface area contributed by atoms with Crippen LogP contribution in [0.15, 0.2) is 24.4 Å². The summed E-state index contributed by atoms with van der Waals surface area (Å²) >= 11 is 0. The van der Waals surface area contributed by atoms with Crippen LogP contribution in [0.5, 0.6) is 0 Å². The van der Waals surface area contributed by atoms with Crippen LogP contribution in [-0.2, 0) is 18.4 Å². The zero-order valence-corrected chi connectivity index (χ0v) is 9.58. The maximum absolute atomic E-state index is 5.47. The Morgan fingerprint density at radius 2 is 2.13 bits per heavy atom. The molecule has 0 aliphatic heterocycles. The van der Waals surface area contributed by atoms with Crippen LogP contribution in [0.2, 0.25) is 0 Å². The Kier molecular flexibility index (Phi) is 2.78. The lowest BCUT2D eigenvalue weighted by molar-refractivity contribution is 0.135. The van der Waals surface area contributed by atoms with Crippen LogP contribution in [0.1, 0.15) is 18.1 Å². The topological polar surface area (TPSA) is 14.2 Å². The zero-order chi connectivity index (χ0) is 10.8. The molecule has 0 aliphatic rings. The molecule has 0 fully saturated rings. The number of nitrogens with zero attached hydrogens (tertiary/aromatic N) is 1. The normalized spacial score (nSPS) is 11.1. The van der Waals surface area contributed by atoms with E-state index < -0.39 is 0 Å². The van der Waals surface area contributed by atoms with Crippen molar-refractivity contribution < 1.29 is 4.74 Å². The van der Waals surface area contributed by atoms with Crippen LogP contribution in [0, 0.1) is 6.92 Å². The van der Waals surface area contributed by atoms with Crippen LogP contribution in [0.25, 0.3) is 10.9 Å². The Balaban J connectivity index is 2.49. The molecule has 0 radical (unpaired) electrons. The van der Waals surface area contributed by atoms with Gasteiger partial charge in [0.05, 0.1) is 6.61 Å². The first-order valence-electron chi connectivity index (χ1n) is 5.34. The third-order valence-corrected chi connectivity index (χ3v) is 2.69. The second kappa shape index (κ2) is 4.07. The summed E-state index contributed by atoms with van der Waals surface area (Å²) in [6.45, 7) is 5.62. The Morgan fingerprint density at radius 3 is 2.87 bits per heavy atom. The summed E-state index contributed by atoms with van der Waals surface area (Å²) in [5, 5.41) is 1.31. The van der Waals surface area contributed by atoms with Crippen molar-refractivity contribution in [3.8, 4) is 0 Å². The van der Waals surface area contributed by atoms with Crippen LogP contribution in [0.4, 0.5) is 0 Å². The first kappa shape index (κ1) is 10.2. The van der Waals surface area contributed by atoms with Crippen molar-refractivity contribution in [3.05, 3.63) is 35.5 Å². The predicted molar refractivity (Wildman–Crippen MR) is 63.0 cm³/mol. The number of ether oxygens (including phenoxy) is 1. The SMILES string of the molecule is CCOCc1cn(C)c2ccc(C)cc12. The Labute approximate surface area is 90.5 Å². The summed E-state index contributed by atoms with van der Waals surface area (Å²) < 4.78 is 7.62. The zero-order valence-electron chi connectivity index (χ0n) is 9.58. The van der Waals surface area contributed by atoms with Crippen molar-refractivity contribution in [3.63, 3.8) is 0 Å². The number of aromatic nitrogens is 1. The van der Waals surface area contributed by atoms with Crippen LogP contribution < -0.4 is 0 Å². The molecule has 0 atom stereocenters. The Bertz CT molecular complexity index is 471. The predicted octanol–water partition coefficient (Wildman–Crippen LogP) is 3.02. The molecule has 0 unspecified atom stereocenters. The number of aryl methyl sites for hydroxylation is 2. The van der Waals surface area contributed by atoms with E-state index >= 15 is 0 Å². The highest BCUT2D eigenvalue weighted by Gasteiger charge is 2.05. The van der Waals surface area contributed by atoms with E-state index in [1.165, 1.54) is 22.0 Å². The third kappa shape index (κ3) is 1.90. The molecule has 1 aromatic heterocycles. The van der Waals surface area contributed by atoms with Gasteiger partial charge in [-0.15, -0.1) is 0 Å². The summed E-state index contributed by atoms with van der Waals surface area (Å²) in [6.07, 6.45) is 2.15. The fraction of sp³-hybridized carbons (Fsp3) is 0.385. The van der Waals surface area contributed by atoms with E-state index in [-0.39, 0.29) is 0 Å². The lowest BCUT2D eigenvalue weighted by Crippen LogP contribution is -1.90. The van der Waals surface area contributed by atoms with Crippen molar-refractivity contribution in [1.82, 2.24) is 4.57 Å². The second-order valence-corrected chi connectivity index (χ2v) is 3.92. The minimum absolute atomic E-state index is 0.706. The van der Waals surface area contributed by atoms with E-state index in [9.17, 15) is 0 Å². The van der Waals surface area contributed by atoms with Gasteiger partial charge in [0.15, 0.2) is 0 Å². The molecule has 80 valence electrons. The maximum Gasteiger partial charge on any atom is 0.0737 e. The van der Waals surface area contributed by atoms with E-state index in [0.717, 1.165) is 6.61 Å². The first-order valence-corrected chi connectivity index (χ1v) is 5.34. The smallest absolute Gasteiger partial charge is 0.0737 e. The van der Waals surface area contributed by atoms with Crippen LogP contribution in [0.3, 0.4) is 0 Å². The van der Waals surface area contributed by atoms with Crippen LogP contribution in [-0.4, -0.2) is 11.2 Å². The lowest BCUT2D eigenvalue weighted by Gasteiger charge is -2.00. The fourth-order valence-electron chi connectivity index (χ4n) is 1.91. The lowest BCUT2D eigenvalue weighted by atomic mass is 10.1. The standard InChI is InChI=1S/C13H17NO/c1-4-15-9-11-8-14(3)13-6-5-10(2)7-12(11)13/h5-8H,4,9H2,1-3H3. The molecule has 0 amide bonds. The van der Waals surface area contributed by atoms with E-state index in [1.54, 1.807) is 0 Å². The van der Waals surface area contributed by atoms with Gasteiger partial charge in [0, 0.05) is 36.3 Å². The van der Waals surface area contributed by atoms with Crippen molar-refractivity contribution in [2.75, 3.05) is 6.61 Å². The van der Waals surface area contributed by atoms with Crippen molar-refractivity contribution in [1.29, 1.82) is 0 Å². The van der Waals surface area contributed by atoms with Gasteiger partial charge in [-0.05, 0) is 26.0 Å². The van der Waals surface area contributed by atoms with E-state index in [0.29, 0.717) is 6.61 Å². The molecule has 15 heavy (non-hydrogen) atoms. The van der Waals surface area contributed by atoms with Gasteiger partial charge in [0.25, 0.3) is 0 Å². The maximum atomic E-state index is 5.47. The average molecular weight is 203 g/mol. The molecule has 0 bridgehead atoms. The quantitative estimate of drug-likeness (QED) is 0.748. The van der Waals surface area contributed by atoms with E-state index in [1.807, 2.05) is 6.92 Å². The number of hydrogen-bond acceptors (Lipinski definition) is 1. The molecule has 0 saturated heterocycles. The van der Waals surface area contributed by atoms with E-state index in [4.69, 9.17) is 4.74 Å². The average Bonchev–Trinajstić information content (AvgIpc) is 2.52. The van der Waals surface area contributed by atoms with Gasteiger partial charge in [-0.2, -0.15) is 0 Å². The Hall–Kier alpha value is -1.28. The molecule has 0 saturated carbocycles. The molecule has 0 spiro atoms. The molecule has 0 N–H and O–H groups in total. The van der Waals surface area contributed by atoms with Gasteiger partial charge in [-0.3, -0.25) is 0 Å². The minimum atomic E-state index is 0.706. The van der Waals surface area contributed by atoms with Gasteiger partial charge in [-0.1, -0.05) is 11.6 Å². The molecule has 1 aromatic carbocycles. The van der Waals surface area contributed by atoms with Gasteiger partial charge < -0.3 is 9.30 Å². The van der Waals surface area contributed by atoms with E-state index in [2.05, 4.69) is 42.9 Å².